The minimum Gasteiger partial charge on any atom is -0.455 e. The van der Waals surface area contributed by atoms with Gasteiger partial charge in [0.05, 0.1) is 5.02 Å². The average Bonchev–Trinajstić information content (AvgIpc) is 2.52. The van der Waals surface area contributed by atoms with E-state index in [2.05, 4.69) is 27.0 Å². The molecule has 3 aromatic rings. The van der Waals surface area contributed by atoms with Crippen LogP contribution in [0, 0.1) is 6.92 Å². The molecule has 3 rings (SSSR count). The average molecular weight is 363 g/mol. The maximum absolute atomic E-state index is 6.20. The molecule has 2 nitrogen and oxygen atoms in total. The predicted molar refractivity (Wildman–Crippen MR) is 90.6 cm³/mol. The van der Waals surface area contributed by atoms with Gasteiger partial charge in [0.1, 0.15) is 11.3 Å². The standard InChI is InChI=1S/C17H13BrClNO/c1-11-9-12(10-18)4-6-15(11)21-16-7-5-14(19)13-3-2-8-20-17(13)16/h2-9H,10H2,1H3. The first-order valence-corrected chi connectivity index (χ1v) is 8.05. The highest BCUT2D eigenvalue weighted by molar-refractivity contribution is 9.08. The number of rotatable bonds is 3. The lowest BCUT2D eigenvalue weighted by molar-refractivity contribution is 0.483. The summed E-state index contributed by atoms with van der Waals surface area (Å²) >= 11 is 9.66. The number of halogens is 2. The normalized spacial score (nSPS) is 10.8. The van der Waals surface area contributed by atoms with Crippen LogP contribution in [-0.4, -0.2) is 4.98 Å². The smallest absolute Gasteiger partial charge is 0.153 e. The van der Waals surface area contributed by atoms with E-state index in [4.69, 9.17) is 16.3 Å². The fraction of sp³-hybridized carbons (Fsp3) is 0.118. The van der Waals surface area contributed by atoms with Crippen LogP contribution in [0.2, 0.25) is 5.02 Å². The summed E-state index contributed by atoms with van der Waals surface area (Å²) in [7, 11) is 0. The predicted octanol–water partition coefficient (Wildman–Crippen LogP) is 5.88. The van der Waals surface area contributed by atoms with Crippen molar-refractivity contribution < 1.29 is 4.74 Å². The zero-order chi connectivity index (χ0) is 14.8. The maximum atomic E-state index is 6.20. The molecule has 0 spiro atoms. The molecule has 21 heavy (non-hydrogen) atoms. The fourth-order valence-corrected chi connectivity index (χ4v) is 2.79. The second-order valence-corrected chi connectivity index (χ2v) is 5.75. The van der Waals surface area contributed by atoms with Gasteiger partial charge in [0.15, 0.2) is 5.75 Å². The summed E-state index contributed by atoms with van der Waals surface area (Å²) < 4.78 is 6.04. The fourth-order valence-electron chi connectivity index (χ4n) is 2.22. The molecule has 106 valence electrons. The van der Waals surface area contributed by atoms with E-state index in [1.54, 1.807) is 6.20 Å². The van der Waals surface area contributed by atoms with Crippen molar-refractivity contribution >= 4 is 38.4 Å². The Bertz CT molecular complexity index is 804. The van der Waals surface area contributed by atoms with Crippen LogP contribution in [0.15, 0.2) is 48.7 Å². The van der Waals surface area contributed by atoms with Crippen LogP contribution in [0.4, 0.5) is 0 Å². The topological polar surface area (TPSA) is 22.1 Å². The van der Waals surface area contributed by atoms with E-state index in [9.17, 15) is 0 Å². The Kier molecular flexibility index (Phi) is 4.13. The van der Waals surface area contributed by atoms with Gasteiger partial charge in [-0.15, -0.1) is 0 Å². The molecule has 0 aliphatic rings. The highest BCUT2D eigenvalue weighted by Crippen LogP contribution is 2.34. The molecular formula is C17H13BrClNO. The first-order chi connectivity index (χ1) is 10.2. The van der Waals surface area contributed by atoms with Crippen LogP contribution in [-0.2, 0) is 5.33 Å². The molecule has 0 radical (unpaired) electrons. The second-order valence-electron chi connectivity index (χ2n) is 4.78. The molecule has 0 fully saturated rings. The van der Waals surface area contributed by atoms with Crippen molar-refractivity contribution in [1.82, 2.24) is 4.98 Å². The highest BCUT2D eigenvalue weighted by atomic mass is 79.9. The number of aryl methyl sites for hydroxylation is 1. The van der Waals surface area contributed by atoms with Crippen molar-refractivity contribution in [3.8, 4) is 11.5 Å². The highest BCUT2D eigenvalue weighted by Gasteiger charge is 2.09. The Morgan fingerprint density at radius 3 is 2.71 bits per heavy atom. The van der Waals surface area contributed by atoms with Gasteiger partial charge in [0.2, 0.25) is 0 Å². The molecule has 0 amide bonds. The van der Waals surface area contributed by atoms with Crippen molar-refractivity contribution in [2.75, 3.05) is 0 Å². The van der Waals surface area contributed by atoms with Gasteiger partial charge >= 0.3 is 0 Å². The number of benzene rings is 2. The van der Waals surface area contributed by atoms with Gasteiger partial charge in [0, 0.05) is 16.9 Å². The molecule has 0 saturated carbocycles. The van der Waals surface area contributed by atoms with E-state index in [-0.39, 0.29) is 0 Å². The Hall–Kier alpha value is -1.58. The van der Waals surface area contributed by atoms with Crippen molar-refractivity contribution in [3.63, 3.8) is 0 Å². The lowest BCUT2D eigenvalue weighted by atomic mass is 10.1. The minimum absolute atomic E-state index is 0.678. The van der Waals surface area contributed by atoms with Gasteiger partial charge in [-0.3, -0.25) is 4.98 Å². The largest absolute Gasteiger partial charge is 0.455 e. The Morgan fingerprint density at radius 2 is 1.95 bits per heavy atom. The number of pyridine rings is 1. The van der Waals surface area contributed by atoms with Gasteiger partial charge in [-0.25, -0.2) is 0 Å². The second kappa shape index (κ2) is 6.04. The summed E-state index contributed by atoms with van der Waals surface area (Å²) in [5.41, 5.74) is 3.08. The zero-order valence-electron chi connectivity index (χ0n) is 11.4. The third kappa shape index (κ3) is 2.89. The molecule has 0 bridgehead atoms. The quantitative estimate of drug-likeness (QED) is 0.542. The Morgan fingerprint density at radius 1 is 1.14 bits per heavy atom. The van der Waals surface area contributed by atoms with Gasteiger partial charge in [-0.1, -0.05) is 39.7 Å². The van der Waals surface area contributed by atoms with E-state index < -0.39 is 0 Å². The zero-order valence-corrected chi connectivity index (χ0v) is 13.8. The van der Waals surface area contributed by atoms with E-state index >= 15 is 0 Å². The number of nitrogens with zero attached hydrogens (tertiary/aromatic N) is 1. The molecule has 0 saturated heterocycles. The maximum Gasteiger partial charge on any atom is 0.153 e. The summed E-state index contributed by atoms with van der Waals surface area (Å²) in [6, 6.07) is 13.6. The molecule has 4 heteroatoms. The van der Waals surface area contributed by atoms with Crippen LogP contribution in [0.25, 0.3) is 10.9 Å². The van der Waals surface area contributed by atoms with Gasteiger partial charge in [-0.05, 0) is 48.4 Å². The Labute approximate surface area is 136 Å². The molecule has 2 aromatic carbocycles. The van der Waals surface area contributed by atoms with Crippen LogP contribution >= 0.6 is 27.5 Å². The molecule has 1 aromatic heterocycles. The molecule has 0 unspecified atom stereocenters. The van der Waals surface area contributed by atoms with Crippen molar-refractivity contribution in [1.29, 1.82) is 0 Å². The number of hydrogen-bond acceptors (Lipinski definition) is 2. The third-order valence-corrected chi connectivity index (χ3v) is 4.27. The summed E-state index contributed by atoms with van der Waals surface area (Å²) in [6.07, 6.45) is 1.74. The molecule has 0 atom stereocenters. The van der Waals surface area contributed by atoms with Crippen molar-refractivity contribution in [3.05, 3.63) is 64.8 Å². The number of ether oxygens (including phenoxy) is 1. The van der Waals surface area contributed by atoms with Crippen molar-refractivity contribution in [2.45, 2.75) is 12.3 Å². The lowest BCUT2D eigenvalue weighted by Gasteiger charge is -2.12. The number of fused-ring (bicyclic) bond motifs is 1. The summed E-state index contributed by atoms with van der Waals surface area (Å²) in [5, 5.41) is 2.41. The summed E-state index contributed by atoms with van der Waals surface area (Å²) in [5.74, 6) is 1.54. The van der Waals surface area contributed by atoms with Crippen LogP contribution < -0.4 is 4.74 Å². The third-order valence-electron chi connectivity index (χ3n) is 3.29. The SMILES string of the molecule is Cc1cc(CBr)ccc1Oc1ccc(Cl)c2cccnc12. The van der Waals surface area contributed by atoms with Crippen LogP contribution in [0.5, 0.6) is 11.5 Å². The van der Waals surface area contributed by atoms with Crippen molar-refractivity contribution in [2.24, 2.45) is 0 Å². The molecule has 1 heterocycles. The lowest BCUT2D eigenvalue weighted by Crippen LogP contribution is -1.91. The molecule has 0 aliphatic carbocycles. The van der Waals surface area contributed by atoms with Crippen LogP contribution in [0.1, 0.15) is 11.1 Å². The molecule has 0 N–H and O–H groups in total. The minimum atomic E-state index is 0.678. The molecule has 0 aliphatic heterocycles. The first kappa shape index (κ1) is 14.4. The van der Waals surface area contributed by atoms with E-state index in [1.807, 2.05) is 43.3 Å². The number of hydrogen-bond donors (Lipinski definition) is 0. The first-order valence-electron chi connectivity index (χ1n) is 6.55. The van der Waals surface area contributed by atoms with Gasteiger partial charge in [0.25, 0.3) is 0 Å². The van der Waals surface area contributed by atoms with Crippen LogP contribution in [0.3, 0.4) is 0 Å². The van der Waals surface area contributed by atoms with E-state index in [0.717, 1.165) is 27.5 Å². The summed E-state index contributed by atoms with van der Waals surface area (Å²) in [4.78, 5) is 4.38. The van der Waals surface area contributed by atoms with Gasteiger partial charge in [-0.2, -0.15) is 0 Å². The molecular weight excluding hydrogens is 350 g/mol. The monoisotopic (exact) mass is 361 g/mol. The Balaban J connectivity index is 2.04. The van der Waals surface area contributed by atoms with E-state index in [1.165, 1.54) is 5.56 Å². The van der Waals surface area contributed by atoms with E-state index in [0.29, 0.717) is 10.8 Å². The van der Waals surface area contributed by atoms with Gasteiger partial charge < -0.3 is 4.74 Å². The summed E-state index contributed by atoms with van der Waals surface area (Å²) in [6.45, 7) is 2.03. The number of aromatic nitrogens is 1. The number of alkyl halides is 1.